The van der Waals surface area contributed by atoms with Gasteiger partial charge in [0.2, 0.25) is 0 Å². The normalized spacial score (nSPS) is 13.2. The Labute approximate surface area is 144 Å². The van der Waals surface area contributed by atoms with Gasteiger partial charge in [-0.1, -0.05) is 19.1 Å². The van der Waals surface area contributed by atoms with E-state index in [0.29, 0.717) is 18.0 Å². The first-order valence-corrected chi connectivity index (χ1v) is 8.75. The number of thiophene rings is 1. The second-order valence-electron chi connectivity index (χ2n) is 5.59. The molecule has 0 fully saturated rings. The number of rotatable bonds is 5. The molecule has 0 saturated heterocycles. The molecule has 0 bridgehead atoms. The van der Waals surface area contributed by atoms with Crippen molar-refractivity contribution in [3.05, 3.63) is 40.8 Å². The first kappa shape index (κ1) is 16.5. The summed E-state index contributed by atoms with van der Waals surface area (Å²) in [6.07, 6.45) is 0.0235. The summed E-state index contributed by atoms with van der Waals surface area (Å²) >= 11 is 1.37. The molecular weight excluding hydrogens is 326 g/mol. The molecule has 1 amide bonds. The molecule has 1 aromatic carbocycles. The van der Waals surface area contributed by atoms with Gasteiger partial charge in [-0.05, 0) is 31.5 Å². The van der Waals surface area contributed by atoms with Gasteiger partial charge in [0, 0.05) is 22.5 Å². The number of carbonyl (C=O) groups is 2. The maximum atomic E-state index is 12.3. The largest absolute Gasteiger partial charge is 0.488 e. The molecule has 1 aliphatic rings. The molecule has 0 saturated carbocycles. The van der Waals surface area contributed by atoms with Crippen LogP contribution in [0.5, 0.6) is 5.75 Å². The fourth-order valence-electron chi connectivity index (χ4n) is 2.46. The van der Waals surface area contributed by atoms with Gasteiger partial charge in [0.25, 0.3) is 5.91 Å². The zero-order chi connectivity index (χ0) is 17.1. The summed E-state index contributed by atoms with van der Waals surface area (Å²) in [7, 11) is 0. The Bertz CT molecular complexity index is 768. The summed E-state index contributed by atoms with van der Waals surface area (Å²) in [5, 5.41) is 2.72. The number of carbonyl (C=O) groups excluding carboxylic acids is 2. The summed E-state index contributed by atoms with van der Waals surface area (Å²) in [6.45, 7) is 4.55. The van der Waals surface area contributed by atoms with Crippen molar-refractivity contribution in [1.82, 2.24) is 5.32 Å². The van der Waals surface area contributed by atoms with E-state index in [1.54, 1.807) is 13.0 Å². The third kappa shape index (κ3) is 3.28. The number of esters is 1. The lowest BCUT2D eigenvalue weighted by Crippen LogP contribution is -2.36. The zero-order valence-corrected chi connectivity index (χ0v) is 14.4. The molecule has 0 unspecified atom stereocenters. The predicted molar refractivity (Wildman–Crippen MR) is 92.3 cm³/mol. The minimum atomic E-state index is -0.813. The van der Waals surface area contributed by atoms with E-state index in [2.05, 4.69) is 5.32 Å². The first-order valence-electron chi connectivity index (χ1n) is 7.93. The number of hydrogen-bond donors (Lipinski definition) is 1. The Kier molecular flexibility index (Phi) is 4.85. The SMILES string of the molecule is CCCNC(=O)[C@H](C)OC(=O)c1cc2c(s1)-c1ccccc1OC2. The van der Waals surface area contributed by atoms with Gasteiger partial charge in [-0.25, -0.2) is 4.79 Å². The highest BCUT2D eigenvalue weighted by Crippen LogP contribution is 2.42. The van der Waals surface area contributed by atoms with Crippen LogP contribution in [-0.2, 0) is 16.1 Å². The number of para-hydroxylation sites is 1. The highest BCUT2D eigenvalue weighted by atomic mass is 32.1. The predicted octanol–water partition coefficient (Wildman–Crippen LogP) is 3.38. The number of amides is 1. The number of nitrogens with one attached hydrogen (secondary N) is 1. The van der Waals surface area contributed by atoms with Crippen molar-refractivity contribution < 1.29 is 19.1 Å². The summed E-state index contributed by atoms with van der Waals surface area (Å²) in [5.74, 6) is 0.0605. The molecule has 1 aromatic heterocycles. The minimum absolute atomic E-state index is 0.278. The van der Waals surface area contributed by atoms with Gasteiger partial charge >= 0.3 is 5.97 Å². The van der Waals surface area contributed by atoms with Gasteiger partial charge in [-0.15, -0.1) is 11.3 Å². The molecule has 1 aliphatic heterocycles. The zero-order valence-electron chi connectivity index (χ0n) is 13.6. The van der Waals surface area contributed by atoms with E-state index in [1.165, 1.54) is 11.3 Å². The summed E-state index contributed by atoms with van der Waals surface area (Å²) in [4.78, 5) is 25.7. The fraction of sp³-hybridized carbons (Fsp3) is 0.333. The van der Waals surface area contributed by atoms with Crippen LogP contribution in [0.1, 0.15) is 35.5 Å². The molecule has 24 heavy (non-hydrogen) atoms. The number of ether oxygens (including phenoxy) is 2. The van der Waals surface area contributed by atoms with Gasteiger partial charge in [0.15, 0.2) is 6.10 Å². The third-order valence-electron chi connectivity index (χ3n) is 3.73. The fourth-order valence-corrected chi connectivity index (χ4v) is 3.54. The van der Waals surface area contributed by atoms with Crippen molar-refractivity contribution in [1.29, 1.82) is 0 Å². The highest BCUT2D eigenvalue weighted by Gasteiger charge is 2.25. The van der Waals surface area contributed by atoms with Crippen LogP contribution in [0.4, 0.5) is 0 Å². The van der Waals surface area contributed by atoms with Gasteiger partial charge in [-0.2, -0.15) is 0 Å². The number of benzene rings is 1. The number of hydrogen-bond acceptors (Lipinski definition) is 5. The van der Waals surface area contributed by atoms with E-state index in [4.69, 9.17) is 9.47 Å². The monoisotopic (exact) mass is 345 g/mol. The van der Waals surface area contributed by atoms with Crippen molar-refractivity contribution in [2.24, 2.45) is 0 Å². The Morgan fingerprint density at radius 3 is 2.96 bits per heavy atom. The van der Waals surface area contributed by atoms with Crippen LogP contribution in [0, 0.1) is 0 Å². The molecule has 3 rings (SSSR count). The summed E-state index contributed by atoms with van der Waals surface area (Å²) in [5.41, 5.74) is 1.95. The maximum absolute atomic E-state index is 12.3. The molecule has 1 N–H and O–H groups in total. The summed E-state index contributed by atoms with van der Waals surface area (Å²) < 4.78 is 11.0. The molecular formula is C18H19NO4S. The molecule has 0 radical (unpaired) electrons. The minimum Gasteiger partial charge on any atom is -0.488 e. The van der Waals surface area contributed by atoms with Gasteiger partial charge < -0.3 is 14.8 Å². The van der Waals surface area contributed by atoms with Crippen molar-refractivity contribution >= 4 is 23.2 Å². The van der Waals surface area contributed by atoms with Crippen molar-refractivity contribution in [2.45, 2.75) is 33.0 Å². The molecule has 6 heteroatoms. The van der Waals surface area contributed by atoms with E-state index in [9.17, 15) is 9.59 Å². The molecule has 5 nitrogen and oxygen atoms in total. The van der Waals surface area contributed by atoms with E-state index in [1.807, 2.05) is 31.2 Å². The van der Waals surface area contributed by atoms with Crippen LogP contribution in [-0.4, -0.2) is 24.5 Å². The second kappa shape index (κ2) is 7.05. The standard InChI is InChI=1S/C18H19NO4S/c1-3-8-19-17(20)11(2)23-18(21)15-9-12-10-22-14-7-5-4-6-13(14)16(12)24-15/h4-7,9,11H,3,8,10H2,1-2H3,(H,19,20)/t11-/m0/s1. The van der Waals surface area contributed by atoms with Crippen LogP contribution >= 0.6 is 11.3 Å². The van der Waals surface area contributed by atoms with Crippen LogP contribution in [0.25, 0.3) is 10.4 Å². The average molecular weight is 345 g/mol. The molecule has 2 aromatic rings. The highest BCUT2D eigenvalue weighted by molar-refractivity contribution is 7.17. The topological polar surface area (TPSA) is 64.6 Å². The Morgan fingerprint density at radius 2 is 2.17 bits per heavy atom. The van der Waals surface area contributed by atoms with Crippen molar-refractivity contribution in [2.75, 3.05) is 6.54 Å². The molecule has 126 valence electrons. The van der Waals surface area contributed by atoms with Crippen LogP contribution in [0.2, 0.25) is 0 Å². The van der Waals surface area contributed by atoms with Gasteiger partial charge in [0.05, 0.1) is 0 Å². The van der Waals surface area contributed by atoms with Crippen molar-refractivity contribution in [3.8, 4) is 16.2 Å². The molecule has 2 heterocycles. The van der Waals surface area contributed by atoms with Gasteiger partial charge in [-0.3, -0.25) is 4.79 Å². The molecule has 1 atom stereocenters. The third-order valence-corrected chi connectivity index (χ3v) is 4.92. The van der Waals surface area contributed by atoms with Crippen LogP contribution < -0.4 is 10.1 Å². The lowest BCUT2D eigenvalue weighted by atomic mass is 10.1. The Hall–Kier alpha value is -2.34. The Balaban J connectivity index is 1.74. The second-order valence-corrected chi connectivity index (χ2v) is 6.64. The van der Waals surface area contributed by atoms with Gasteiger partial charge in [0.1, 0.15) is 17.2 Å². The van der Waals surface area contributed by atoms with E-state index >= 15 is 0 Å². The van der Waals surface area contributed by atoms with E-state index < -0.39 is 12.1 Å². The Morgan fingerprint density at radius 1 is 1.38 bits per heavy atom. The van der Waals surface area contributed by atoms with E-state index in [-0.39, 0.29) is 5.91 Å². The number of fused-ring (bicyclic) bond motifs is 3. The van der Waals surface area contributed by atoms with Crippen molar-refractivity contribution in [3.63, 3.8) is 0 Å². The molecule has 0 spiro atoms. The lowest BCUT2D eigenvalue weighted by Gasteiger charge is -2.16. The molecule has 0 aliphatic carbocycles. The average Bonchev–Trinajstić information content (AvgIpc) is 3.04. The summed E-state index contributed by atoms with van der Waals surface area (Å²) in [6, 6.07) is 9.53. The van der Waals surface area contributed by atoms with Crippen LogP contribution in [0.15, 0.2) is 30.3 Å². The van der Waals surface area contributed by atoms with Crippen LogP contribution in [0.3, 0.4) is 0 Å². The lowest BCUT2D eigenvalue weighted by molar-refractivity contribution is -0.129. The maximum Gasteiger partial charge on any atom is 0.349 e. The first-order chi connectivity index (χ1) is 11.6. The smallest absolute Gasteiger partial charge is 0.349 e. The quantitative estimate of drug-likeness (QED) is 0.844. The van der Waals surface area contributed by atoms with E-state index in [0.717, 1.165) is 28.2 Å².